The molecule has 0 unspecified atom stereocenters. The number of halogens is 1. The van der Waals surface area contributed by atoms with E-state index in [1.54, 1.807) is 36.7 Å². The Morgan fingerprint density at radius 3 is 2.55 bits per heavy atom. The second kappa shape index (κ2) is 6.75. The van der Waals surface area contributed by atoms with E-state index in [0.29, 0.717) is 16.3 Å². The van der Waals surface area contributed by atoms with E-state index in [-0.39, 0.29) is 5.91 Å². The third-order valence-electron chi connectivity index (χ3n) is 3.62. The fraction of sp³-hybridized carbons (Fsp3) is 0.312. The van der Waals surface area contributed by atoms with Gasteiger partial charge in [0.15, 0.2) is 0 Å². The molecule has 0 atom stereocenters. The van der Waals surface area contributed by atoms with E-state index in [2.05, 4.69) is 20.2 Å². The van der Waals surface area contributed by atoms with Gasteiger partial charge in [0, 0.05) is 23.7 Å². The molecule has 2 heterocycles. The minimum atomic E-state index is -0.225. The fourth-order valence-corrected chi connectivity index (χ4v) is 2.67. The van der Waals surface area contributed by atoms with Gasteiger partial charge in [0.25, 0.3) is 5.91 Å². The molecular formula is C16H17ClN4O. The van der Waals surface area contributed by atoms with Crippen molar-refractivity contribution in [1.82, 2.24) is 9.97 Å². The molecule has 22 heavy (non-hydrogen) atoms. The normalized spacial score (nSPS) is 14.7. The van der Waals surface area contributed by atoms with Gasteiger partial charge in [0.1, 0.15) is 0 Å². The van der Waals surface area contributed by atoms with Crippen molar-refractivity contribution in [1.29, 1.82) is 0 Å². The van der Waals surface area contributed by atoms with Crippen LogP contribution >= 0.6 is 11.6 Å². The quantitative estimate of drug-likeness (QED) is 0.943. The molecule has 1 saturated heterocycles. The van der Waals surface area contributed by atoms with Crippen LogP contribution in [0, 0.1) is 0 Å². The maximum absolute atomic E-state index is 12.1. The zero-order valence-electron chi connectivity index (χ0n) is 12.1. The number of hydrogen-bond acceptors (Lipinski definition) is 4. The molecule has 1 aliphatic rings. The summed E-state index contributed by atoms with van der Waals surface area (Å²) in [6.45, 7) is 1.99. The Hall–Kier alpha value is -2.14. The van der Waals surface area contributed by atoms with E-state index in [9.17, 15) is 4.79 Å². The first-order chi connectivity index (χ1) is 10.7. The molecule has 5 nitrogen and oxygen atoms in total. The minimum absolute atomic E-state index is 0.225. The van der Waals surface area contributed by atoms with Crippen molar-refractivity contribution >= 4 is 29.1 Å². The maximum Gasteiger partial charge on any atom is 0.255 e. The van der Waals surface area contributed by atoms with Gasteiger partial charge >= 0.3 is 0 Å². The van der Waals surface area contributed by atoms with E-state index < -0.39 is 0 Å². The van der Waals surface area contributed by atoms with Crippen molar-refractivity contribution in [2.75, 3.05) is 23.3 Å². The third kappa shape index (κ3) is 3.54. The fourth-order valence-electron chi connectivity index (χ4n) is 2.48. The van der Waals surface area contributed by atoms with Crippen molar-refractivity contribution in [2.24, 2.45) is 0 Å². The van der Waals surface area contributed by atoms with Gasteiger partial charge < -0.3 is 10.2 Å². The molecule has 0 radical (unpaired) electrons. The van der Waals surface area contributed by atoms with Crippen molar-refractivity contribution in [3.63, 3.8) is 0 Å². The third-order valence-corrected chi connectivity index (χ3v) is 3.86. The van der Waals surface area contributed by atoms with Crippen LogP contribution in [0.1, 0.15) is 29.6 Å². The lowest BCUT2D eigenvalue weighted by atomic mass is 10.1. The summed E-state index contributed by atoms with van der Waals surface area (Å²) in [4.78, 5) is 23.0. The Morgan fingerprint density at radius 2 is 1.86 bits per heavy atom. The topological polar surface area (TPSA) is 58.1 Å². The lowest BCUT2D eigenvalue weighted by molar-refractivity contribution is 0.102. The van der Waals surface area contributed by atoms with Gasteiger partial charge in [-0.3, -0.25) is 4.79 Å². The molecule has 3 rings (SSSR count). The van der Waals surface area contributed by atoms with Gasteiger partial charge in [-0.2, -0.15) is 0 Å². The summed E-state index contributed by atoms with van der Waals surface area (Å²) in [7, 11) is 0. The summed E-state index contributed by atoms with van der Waals surface area (Å²) in [6.07, 6.45) is 6.90. The van der Waals surface area contributed by atoms with Crippen molar-refractivity contribution in [3.05, 3.63) is 47.2 Å². The molecule has 1 N–H and O–H groups in total. The Labute approximate surface area is 134 Å². The number of hydrogen-bond donors (Lipinski definition) is 1. The van der Waals surface area contributed by atoms with Crippen LogP contribution in [0.2, 0.25) is 5.02 Å². The average Bonchev–Trinajstić information content (AvgIpc) is 2.56. The van der Waals surface area contributed by atoms with E-state index in [0.717, 1.165) is 19.0 Å². The van der Waals surface area contributed by atoms with Crippen LogP contribution < -0.4 is 10.2 Å². The van der Waals surface area contributed by atoms with Gasteiger partial charge in [0.05, 0.1) is 18.1 Å². The lowest BCUT2D eigenvalue weighted by Crippen LogP contribution is -2.30. The lowest BCUT2D eigenvalue weighted by Gasteiger charge is -2.26. The van der Waals surface area contributed by atoms with Crippen LogP contribution in [-0.2, 0) is 0 Å². The summed E-state index contributed by atoms with van der Waals surface area (Å²) < 4.78 is 0. The van der Waals surface area contributed by atoms with Crippen LogP contribution in [0.5, 0.6) is 0 Å². The number of amides is 1. The van der Waals surface area contributed by atoms with Crippen LogP contribution in [-0.4, -0.2) is 29.0 Å². The largest absolute Gasteiger partial charge is 0.341 e. The van der Waals surface area contributed by atoms with E-state index in [1.165, 1.54) is 19.3 Å². The highest BCUT2D eigenvalue weighted by Gasteiger charge is 2.13. The predicted molar refractivity (Wildman–Crippen MR) is 87.5 cm³/mol. The molecule has 0 aliphatic carbocycles. The number of nitrogens with one attached hydrogen (secondary N) is 1. The van der Waals surface area contributed by atoms with Gasteiger partial charge in [-0.15, -0.1) is 0 Å². The number of carbonyl (C=O) groups is 1. The molecule has 1 aliphatic heterocycles. The molecule has 114 valence electrons. The van der Waals surface area contributed by atoms with Gasteiger partial charge in [-0.05, 0) is 37.5 Å². The Bertz CT molecular complexity index is 653. The average molecular weight is 317 g/mol. The molecule has 1 amide bonds. The maximum atomic E-state index is 12.1. The van der Waals surface area contributed by atoms with Crippen LogP contribution in [0.25, 0.3) is 0 Å². The number of carbonyl (C=O) groups excluding carboxylic acids is 1. The van der Waals surface area contributed by atoms with Crippen molar-refractivity contribution < 1.29 is 4.79 Å². The zero-order valence-corrected chi connectivity index (χ0v) is 12.9. The summed E-state index contributed by atoms with van der Waals surface area (Å²) in [6, 6.07) is 6.81. The highest BCUT2D eigenvalue weighted by molar-refractivity contribution is 6.31. The highest BCUT2D eigenvalue weighted by Crippen LogP contribution is 2.17. The Kier molecular flexibility index (Phi) is 4.53. The molecule has 0 spiro atoms. The van der Waals surface area contributed by atoms with Crippen LogP contribution in [0.4, 0.5) is 11.6 Å². The van der Waals surface area contributed by atoms with Gasteiger partial charge in [-0.25, -0.2) is 9.97 Å². The SMILES string of the molecule is O=C(Nc1cnc(N2CCCCC2)nc1)c1cccc(Cl)c1. The first-order valence-electron chi connectivity index (χ1n) is 7.36. The van der Waals surface area contributed by atoms with Crippen LogP contribution in [0.15, 0.2) is 36.7 Å². The summed E-state index contributed by atoms with van der Waals surface area (Å²) >= 11 is 5.89. The summed E-state index contributed by atoms with van der Waals surface area (Å²) in [5, 5.41) is 3.31. The second-order valence-electron chi connectivity index (χ2n) is 5.28. The van der Waals surface area contributed by atoms with Crippen molar-refractivity contribution in [3.8, 4) is 0 Å². The Morgan fingerprint density at radius 1 is 1.14 bits per heavy atom. The smallest absolute Gasteiger partial charge is 0.255 e. The minimum Gasteiger partial charge on any atom is -0.341 e. The molecule has 1 aromatic heterocycles. The Balaban J connectivity index is 1.66. The van der Waals surface area contributed by atoms with E-state index in [4.69, 9.17) is 11.6 Å². The number of nitrogens with zero attached hydrogens (tertiary/aromatic N) is 3. The number of piperidine rings is 1. The first kappa shape index (κ1) is 14.8. The molecular weight excluding hydrogens is 300 g/mol. The van der Waals surface area contributed by atoms with Gasteiger partial charge in [0.2, 0.25) is 5.95 Å². The number of benzene rings is 1. The monoisotopic (exact) mass is 316 g/mol. The number of anilines is 2. The summed E-state index contributed by atoms with van der Waals surface area (Å²) in [5.74, 6) is 0.497. The van der Waals surface area contributed by atoms with Crippen LogP contribution in [0.3, 0.4) is 0 Å². The molecule has 2 aromatic rings. The number of aromatic nitrogens is 2. The van der Waals surface area contributed by atoms with E-state index in [1.807, 2.05) is 0 Å². The molecule has 1 aromatic carbocycles. The summed E-state index contributed by atoms with van der Waals surface area (Å²) in [5.41, 5.74) is 1.08. The molecule has 0 saturated carbocycles. The molecule has 6 heteroatoms. The molecule has 1 fully saturated rings. The predicted octanol–water partition coefficient (Wildman–Crippen LogP) is 3.37. The standard InChI is InChI=1S/C16H17ClN4O/c17-13-6-4-5-12(9-13)15(22)20-14-10-18-16(19-11-14)21-7-2-1-3-8-21/h4-6,9-11H,1-3,7-8H2,(H,20,22). The second-order valence-corrected chi connectivity index (χ2v) is 5.72. The van der Waals surface area contributed by atoms with Crippen molar-refractivity contribution in [2.45, 2.75) is 19.3 Å². The van der Waals surface area contributed by atoms with E-state index >= 15 is 0 Å². The molecule has 0 bridgehead atoms. The van der Waals surface area contributed by atoms with Gasteiger partial charge in [-0.1, -0.05) is 17.7 Å². The highest BCUT2D eigenvalue weighted by atomic mass is 35.5. The zero-order chi connectivity index (χ0) is 15.4. The first-order valence-corrected chi connectivity index (χ1v) is 7.74. The number of rotatable bonds is 3.